The third kappa shape index (κ3) is 3.43. The second-order valence-electron chi connectivity index (χ2n) is 6.99. The van der Waals surface area contributed by atoms with Crippen LogP contribution in [0.15, 0.2) is 12.1 Å². The van der Waals surface area contributed by atoms with Gasteiger partial charge in [-0.25, -0.2) is 0 Å². The highest BCUT2D eigenvalue weighted by molar-refractivity contribution is 7.55. The molecular weight excluding hydrogens is 460 g/mol. The van der Waals surface area contributed by atoms with Crippen LogP contribution in [0.5, 0.6) is 0 Å². The topological polar surface area (TPSA) is 125 Å². The van der Waals surface area contributed by atoms with Gasteiger partial charge in [0.2, 0.25) is 11.1 Å². The first-order valence-corrected chi connectivity index (χ1v) is 11.2. The number of nitrogens with zero attached hydrogens (tertiary/aromatic N) is 2. The van der Waals surface area contributed by atoms with Gasteiger partial charge in [-0.15, -0.1) is 0 Å². The number of alkyl halides is 3. The van der Waals surface area contributed by atoms with Gasteiger partial charge in [-0.2, -0.15) is 13.2 Å². The average Bonchev–Trinajstić information content (AvgIpc) is 2.70. The number of anilines is 1. The maximum absolute atomic E-state index is 13.8. The lowest BCUT2D eigenvalue weighted by Gasteiger charge is -2.54. The number of Topliss-reactive ketones (excluding diaryl/α,β-unsaturated/α-hetero) is 1. The number of ketones is 1. The summed E-state index contributed by atoms with van der Waals surface area (Å²) < 4.78 is 70.6. The zero-order valence-electron chi connectivity index (χ0n) is 17.3. The Morgan fingerprint density at radius 1 is 1.19 bits per heavy atom. The number of carbonyl (C=O) groups excluding carboxylic acids is 2. The number of carbonyl (C=O) groups is 2. The van der Waals surface area contributed by atoms with E-state index >= 15 is 0 Å². The van der Waals surface area contributed by atoms with Crippen LogP contribution in [0, 0.1) is 10.1 Å². The van der Waals surface area contributed by atoms with Gasteiger partial charge in [0, 0.05) is 19.1 Å². The second kappa shape index (κ2) is 8.22. The molecule has 14 heteroatoms. The minimum atomic E-state index is -4.94. The lowest BCUT2D eigenvalue weighted by molar-refractivity contribution is -0.384. The van der Waals surface area contributed by atoms with Crippen molar-refractivity contribution in [3.8, 4) is 0 Å². The highest BCUT2D eigenvalue weighted by Crippen LogP contribution is 2.68. The zero-order chi connectivity index (χ0) is 24.1. The minimum Gasteiger partial charge on any atom is -0.360 e. The fourth-order valence-electron chi connectivity index (χ4n) is 4.11. The lowest BCUT2D eigenvalue weighted by atomic mass is 9.82. The first kappa shape index (κ1) is 24.3. The third-order valence-corrected chi connectivity index (χ3v) is 7.85. The van der Waals surface area contributed by atoms with Crippen molar-refractivity contribution < 1.29 is 46.0 Å². The molecule has 2 aliphatic rings. The molecule has 0 aromatic heterocycles. The molecule has 10 nitrogen and oxygen atoms in total. The van der Waals surface area contributed by atoms with Crippen LogP contribution in [-0.4, -0.2) is 47.8 Å². The Hall–Kier alpha value is -2.34. The number of β-lactam (4-membered cyclic amide) rings is 1. The molecule has 2 unspecified atom stereocenters. The smallest absolute Gasteiger partial charge is 0.360 e. The summed E-state index contributed by atoms with van der Waals surface area (Å²) in [7, 11) is -4.39. The summed E-state index contributed by atoms with van der Waals surface area (Å²) in [5.41, 5.74) is -3.15. The van der Waals surface area contributed by atoms with Crippen molar-refractivity contribution in [1.29, 1.82) is 0 Å². The molecule has 0 radical (unpaired) electrons. The Labute approximate surface area is 180 Å². The Kier molecular flexibility index (Phi) is 6.24. The van der Waals surface area contributed by atoms with Crippen LogP contribution in [0.1, 0.15) is 31.9 Å². The number of halogens is 3. The predicted molar refractivity (Wildman–Crippen MR) is 103 cm³/mol. The molecule has 0 N–H and O–H groups in total. The van der Waals surface area contributed by atoms with Crippen molar-refractivity contribution in [3.63, 3.8) is 0 Å². The number of ether oxygens (including phenoxy) is 1. The van der Waals surface area contributed by atoms with Crippen LogP contribution in [0.4, 0.5) is 24.5 Å². The molecule has 1 amide bonds. The quantitative estimate of drug-likeness (QED) is 0.182. The van der Waals surface area contributed by atoms with Gasteiger partial charge < -0.3 is 13.8 Å². The summed E-state index contributed by atoms with van der Waals surface area (Å²) in [6.07, 6.45) is -5.58. The number of amides is 1. The molecule has 176 valence electrons. The van der Waals surface area contributed by atoms with E-state index in [4.69, 9.17) is 13.8 Å². The standard InChI is InChI=1S/C18H20F3N2O8P/c1-4-29-17(32(28,30-5-2)31-6-3)9-10-7-11(18(19,20)21)8-12(23(26)27)13(10)22-15(17)14(24)16(22)25/h7-8,15H,4-6,9H2,1-3H3. The Morgan fingerprint density at radius 3 is 2.25 bits per heavy atom. The number of hydrogen-bond donors (Lipinski definition) is 0. The molecule has 1 fully saturated rings. The van der Waals surface area contributed by atoms with Crippen LogP contribution in [0.3, 0.4) is 0 Å². The lowest BCUT2D eigenvalue weighted by Crippen LogP contribution is -2.74. The molecule has 0 spiro atoms. The maximum atomic E-state index is 13.8. The normalized spacial score (nSPS) is 22.9. The number of benzene rings is 1. The number of rotatable bonds is 8. The largest absolute Gasteiger partial charge is 0.416 e. The number of fused-ring (bicyclic) bond motifs is 3. The fourth-order valence-corrected chi connectivity index (χ4v) is 6.48. The van der Waals surface area contributed by atoms with Gasteiger partial charge in [-0.05, 0) is 32.4 Å². The van der Waals surface area contributed by atoms with Crippen molar-refractivity contribution in [2.24, 2.45) is 0 Å². The van der Waals surface area contributed by atoms with Crippen molar-refractivity contribution in [2.45, 2.75) is 44.8 Å². The summed E-state index contributed by atoms with van der Waals surface area (Å²) in [6, 6.07) is -0.712. The monoisotopic (exact) mass is 480 g/mol. The van der Waals surface area contributed by atoms with Crippen LogP contribution < -0.4 is 4.90 Å². The second-order valence-corrected chi connectivity index (χ2v) is 9.26. The molecule has 2 heterocycles. The molecule has 2 aliphatic heterocycles. The molecule has 32 heavy (non-hydrogen) atoms. The number of hydrogen-bond acceptors (Lipinski definition) is 8. The van der Waals surface area contributed by atoms with Gasteiger partial charge >= 0.3 is 13.8 Å². The molecule has 0 saturated carbocycles. The number of nitro groups is 1. The van der Waals surface area contributed by atoms with Gasteiger partial charge in [0.05, 0.1) is 23.7 Å². The average molecular weight is 480 g/mol. The van der Waals surface area contributed by atoms with Gasteiger partial charge in [-0.1, -0.05) is 0 Å². The Bertz CT molecular complexity index is 1020. The van der Waals surface area contributed by atoms with E-state index in [0.29, 0.717) is 17.0 Å². The van der Waals surface area contributed by atoms with E-state index in [1.807, 2.05) is 0 Å². The molecule has 1 aromatic rings. The van der Waals surface area contributed by atoms with E-state index in [9.17, 15) is 37.4 Å². The zero-order valence-corrected chi connectivity index (χ0v) is 18.2. The maximum Gasteiger partial charge on any atom is 0.416 e. The molecule has 1 saturated heterocycles. The third-order valence-electron chi connectivity index (χ3n) is 5.20. The SMILES string of the molecule is CCOC1(P(=O)(OCC)OCC)Cc2cc(C(F)(F)F)cc([N+](=O)[O-])c2N2C(=O)C(=O)C21. The fraction of sp³-hybridized carbons (Fsp3) is 0.556. The van der Waals surface area contributed by atoms with Gasteiger partial charge in [-0.3, -0.25) is 29.2 Å². The Morgan fingerprint density at radius 2 is 1.78 bits per heavy atom. The first-order chi connectivity index (χ1) is 14.9. The molecule has 2 atom stereocenters. The molecule has 0 aliphatic carbocycles. The van der Waals surface area contributed by atoms with E-state index < -0.39 is 65.1 Å². The first-order valence-electron chi connectivity index (χ1n) is 9.67. The van der Waals surface area contributed by atoms with E-state index in [-0.39, 0.29) is 25.4 Å². The van der Waals surface area contributed by atoms with Crippen LogP contribution >= 0.6 is 7.60 Å². The van der Waals surface area contributed by atoms with E-state index in [0.717, 1.165) is 0 Å². The highest BCUT2D eigenvalue weighted by atomic mass is 31.2. The van der Waals surface area contributed by atoms with Crippen LogP contribution in [0.25, 0.3) is 0 Å². The van der Waals surface area contributed by atoms with Crippen LogP contribution in [0.2, 0.25) is 0 Å². The highest BCUT2D eigenvalue weighted by Gasteiger charge is 2.71. The van der Waals surface area contributed by atoms with Gasteiger partial charge in [0.1, 0.15) is 11.7 Å². The number of nitro benzene ring substituents is 1. The van der Waals surface area contributed by atoms with Crippen molar-refractivity contribution in [2.75, 3.05) is 24.7 Å². The van der Waals surface area contributed by atoms with Gasteiger partial charge in [0.15, 0.2) is 0 Å². The van der Waals surface area contributed by atoms with E-state index in [1.54, 1.807) is 0 Å². The van der Waals surface area contributed by atoms with Crippen LogP contribution in [-0.2, 0) is 40.5 Å². The van der Waals surface area contributed by atoms with E-state index in [2.05, 4.69) is 0 Å². The minimum absolute atomic E-state index is 0.156. The summed E-state index contributed by atoms with van der Waals surface area (Å²) >= 11 is 0. The van der Waals surface area contributed by atoms with E-state index in [1.165, 1.54) is 20.8 Å². The molecule has 1 aromatic carbocycles. The van der Waals surface area contributed by atoms with Crippen molar-refractivity contribution >= 4 is 30.7 Å². The summed E-state index contributed by atoms with van der Waals surface area (Å²) in [5, 5.41) is 9.41. The molecule has 3 rings (SSSR count). The predicted octanol–water partition coefficient (Wildman–Crippen LogP) is 3.45. The van der Waals surface area contributed by atoms with Crippen molar-refractivity contribution in [3.05, 3.63) is 33.4 Å². The van der Waals surface area contributed by atoms with Crippen molar-refractivity contribution in [1.82, 2.24) is 0 Å². The summed E-state index contributed by atoms with van der Waals surface area (Å²) in [5.74, 6) is -2.25. The molecule has 0 bridgehead atoms. The van der Waals surface area contributed by atoms with Gasteiger partial charge in [0.25, 0.3) is 11.6 Å². The summed E-state index contributed by atoms with van der Waals surface area (Å²) in [4.78, 5) is 36.2. The summed E-state index contributed by atoms with van der Waals surface area (Å²) in [6.45, 7) is 3.99. The Balaban J connectivity index is 2.36. The molecular formula is C18H20F3N2O8P.